The van der Waals surface area contributed by atoms with Crippen molar-refractivity contribution in [3.05, 3.63) is 42.5 Å². The van der Waals surface area contributed by atoms with Crippen LogP contribution in [-0.2, 0) is 16.6 Å². The molecule has 2 heterocycles. The molecule has 1 saturated heterocycles. The zero-order chi connectivity index (χ0) is 17.2. The maximum Gasteiger partial charge on any atom is 0.251 e. The fourth-order valence-electron chi connectivity index (χ4n) is 2.67. The average molecular weight is 349 g/mol. The predicted molar refractivity (Wildman–Crippen MR) is 89.1 cm³/mol. The van der Waals surface area contributed by atoms with Crippen molar-refractivity contribution in [2.24, 2.45) is 0 Å². The van der Waals surface area contributed by atoms with E-state index in [4.69, 9.17) is 0 Å². The summed E-state index contributed by atoms with van der Waals surface area (Å²) in [6, 6.07) is 6.50. The Labute approximate surface area is 140 Å². The van der Waals surface area contributed by atoms with Gasteiger partial charge in [-0.2, -0.15) is 5.10 Å². The number of amides is 1. The molecule has 1 fully saturated rings. The van der Waals surface area contributed by atoms with E-state index in [1.807, 2.05) is 6.92 Å². The molecule has 1 amide bonds. The smallest absolute Gasteiger partial charge is 0.251 e. The quantitative estimate of drug-likeness (QED) is 0.854. The van der Waals surface area contributed by atoms with E-state index < -0.39 is 10.0 Å². The number of nitrogens with zero attached hydrogens (tertiary/aromatic N) is 4. The van der Waals surface area contributed by atoms with Gasteiger partial charge in [-0.15, -0.1) is 0 Å². The predicted octanol–water partition coefficient (Wildman–Crippen LogP) is 0.636. The Bertz CT molecular complexity index is 802. The molecule has 9 heteroatoms. The Morgan fingerprint density at radius 1 is 1.33 bits per heavy atom. The van der Waals surface area contributed by atoms with E-state index in [1.165, 1.54) is 10.6 Å². The van der Waals surface area contributed by atoms with Gasteiger partial charge in [0.05, 0.1) is 18.0 Å². The first-order valence-corrected chi connectivity index (χ1v) is 9.30. The highest BCUT2D eigenvalue weighted by molar-refractivity contribution is 7.93. The van der Waals surface area contributed by atoms with Crippen molar-refractivity contribution in [2.75, 3.05) is 16.6 Å². The number of hydrogen-bond donors (Lipinski definition) is 1. The van der Waals surface area contributed by atoms with E-state index in [-0.39, 0.29) is 17.7 Å². The fraction of sp³-hybridized carbons (Fsp3) is 0.400. The van der Waals surface area contributed by atoms with Crippen LogP contribution in [0.25, 0.3) is 0 Å². The molecule has 1 N–H and O–H groups in total. The molecule has 0 bridgehead atoms. The molecular weight excluding hydrogens is 330 g/mol. The topological polar surface area (TPSA) is 97.2 Å². The van der Waals surface area contributed by atoms with E-state index in [9.17, 15) is 13.2 Å². The number of rotatable bonds is 5. The van der Waals surface area contributed by atoms with Crippen LogP contribution in [0.5, 0.6) is 0 Å². The highest BCUT2D eigenvalue weighted by Crippen LogP contribution is 2.24. The summed E-state index contributed by atoms with van der Waals surface area (Å²) in [5.74, 6) is -0.0341. The standard InChI is InChI=1S/C15H19N5O3S/c1-12(9-19-11-16-10-17-19)18-15(21)13-3-5-14(6-4-13)20-7-2-8-24(20,22)23/h3-6,10-12H,2,7-9H2,1H3,(H,18,21). The third-order valence-corrected chi connectivity index (χ3v) is 5.69. The fourth-order valence-corrected chi connectivity index (χ4v) is 4.23. The number of hydrogen-bond acceptors (Lipinski definition) is 5. The summed E-state index contributed by atoms with van der Waals surface area (Å²) in [4.78, 5) is 16.1. The van der Waals surface area contributed by atoms with Crippen LogP contribution in [0.2, 0.25) is 0 Å². The molecule has 1 aromatic carbocycles. The van der Waals surface area contributed by atoms with Gasteiger partial charge >= 0.3 is 0 Å². The van der Waals surface area contributed by atoms with Crippen molar-refractivity contribution < 1.29 is 13.2 Å². The molecule has 1 aliphatic rings. The number of benzene rings is 1. The molecule has 0 saturated carbocycles. The molecule has 128 valence electrons. The van der Waals surface area contributed by atoms with Crippen molar-refractivity contribution in [1.29, 1.82) is 0 Å². The Kier molecular flexibility index (Phi) is 4.52. The van der Waals surface area contributed by atoms with Gasteiger partial charge in [-0.1, -0.05) is 0 Å². The second-order valence-corrected chi connectivity index (χ2v) is 7.79. The van der Waals surface area contributed by atoms with E-state index in [2.05, 4.69) is 15.4 Å². The number of carbonyl (C=O) groups excluding carboxylic acids is 1. The molecule has 8 nitrogen and oxygen atoms in total. The molecule has 1 aromatic heterocycles. The zero-order valence-corrected chi connectivity index (χ0v) is 14.1. The number of nitrogens with one attached hydrogen (secondary N) is 1. The minimum atomic E-state index is -3.20. The molecule has 24 heavy (non-hydrogen) atoms. The van der Waals surface area contributed by atoms with Crippen LogP contribution in [-0.4, -0.2) is 47.4 Å². The Balaban J connectivity index is 1.63. The molecule has 0 aliphatic carbocycles. The SMILES string of the molecule is CC(Cn1cncn1)NC(=O)c1ccc(N2CCCS2(=O)=O)cc1. The summed E-state index contributed by atoms with van der Waals surface area (Å²) >= 11 is 0. The van der Waals surface area contributed by atoms with Crippen molar-refractivity contribution >= 4 is 21.6 Å². The minimum absolute atomic E-state index is 0.113. The lowest BCUT2D eigenvalue weighted by Gasteiger charge is -2.17. The normalized spacial score (nSPS) is 17.6. The molecule has 0 radical (unpaired) electrons. The molecule has 1 aliphatic heterocycles. The van der Waals surface area contributed by atoms with E-state index in [0.717, 1.165) is 0 Å². The highest BCUT2D eigenvalue weighted by atomic mass is 32.2. The van der Waals surface area contributed by atoms with Crippen molar-refractivity contribution in [2.45, 2.75) is 25.9 Å². The highest BCUT2D eigenvalue weighted by Gasteiger charge is 2.28. The second-order valence-electron chi connectivity index (χ2n) is 5.78. The van der Waals surface area contributed by atoms with Gasteiger partial charge in [0, 0.05) is 18.2 Å². The third kappa shape index (κ3) is 3.56. The van der Waals surface area contributed by atoms with E-state index >= 15 is 0 Å². The summed E-state index contributed by atoms with van der Waals surface area (Å²) in [5.41, 5.74) is 1.08. The second kappa shape index (κ2) is 6.60. The van der Waals surface area contributed by atoms with Gasteiger partial charge in [0.1, 0.15) is 12.7 Å². The molecule has 1 unspecified atom stereocenters. The lowest BCUT2D eigenvalue weighted by molar-refractivity contribution is 0.0936. The van der Waals surface area contributed by atoms with Crippen LogP contribution in [0, 0.1) is 0 Å². The molecule has 2 aromatic rings. The monoisotopic (exact) mass is 349 g/mol. The zero-order valence-electron chi connectivity index (χ0n) is 13.3. The lowest BCUT2D eigenvalue weighted by Crippen LogP contribution is -2.35. The van der Waals surface area contributed by atoms with Crippen molar-refractivity contribution in [3.8, 4) is 0 Å². The van der Waals surface area contributed by atoms with Gasteiger partial charge in [0.25, 0.3) is 5.91 Å². The Morgan fingerprint density at radius 2 is 2.08 bits per heavy atom. The number of anilines is 1. The maximum absolute atomic E-state index is 12.3. The summed E-state index contributed by atoms with van der Waals surface area (Å²) in [6.45, 7) is 2.89. The first-order valence-electron chi connectivity index (χ1n) is 7.69. The van der Waals surface area contributed by atoms with Gasteiger partial charge < -0.3 is 5.32 Å². The number of sulfonamides is 1. The molecular formula is C15H19N5O3S. The third-order valence-electron chi connectivity index (χ3n) is 3.82. The van der Waals surface area contributed by atoms with Crippen LogP contribution < -0.4 is 9.62 Å². The molecule has 1 atom stereocenters. The molecule has 0 spiro atoms. The lowest BCUT2D eigenvalue weighted by atomic mass is 10.2. The Morgan fingerprint density at radius 3 is 2.67 bits per heavy atom. The Hall–Kier alpha value is -2.42. The van der Waals surface area contributed by atoms with Crippen LogP contribution in [0.4, 0.5) is 5.69 Å². The van der Waals surface area contributed by atoms with Crippen LogP contribution in [0.3, 0.4) is 0 Å². The minimum Gasteiger partial charge on any atom is -0.348 e. The van der Waals surface area contributed by atoms with Crippen LogP contribution in [0.1, 0.15) is 23.7 Å². The average Bonchev–Trinajstić information content (AvgIpc) is 3.16. The number of aromatic nitrogens is 3. The maximum atomic E-state index is 12.3. The van der Waals surface area contributed by atoms with Crippen molar-refractivity contribution in [3.63, 3.8) is 0 Å². The first-order chi connectivity index (χ1) is 11.5. The van der Waals surface area contributed by atoms with Crippen LogP contribution >= 0.6 is 0 Å². The number of carbonyl (C=O) groups is 1. The van der Waals surface area contributed by atoms with Crippen LogP contribution in [0.15, 0.2) is 36.9 Å². The van der Waals surface area contributed by atoms with Gasteiger partial charge in [-0.25, -0.2) is 13.4 Å². The largest absolute Gasteiger partial charge is 0.348 e. The molecule has 3 rings (SSSR count). The van der Waals surface area contributed by atoms with Gasteiger partial charge in [0.2, 0.25) is 10.0 Å². The van der Waals surface area contributed by atoms with Crippen molar-refractivity contribution in [1.82, 2.24) is 20.1 Å². The summed E-state index contributed by atoms with van der Waals surface area (Å²) in [5, 5.41) is 6.88. The van der Waals surface area contributed by atoms with Gasteiger partial charge in [-0.05, 0) is 37.6 Å². The van der Waals surface area contributed by atoms with Gasteiger partial charge in [0.15, 0.2) is 0 Å². The summed E-state index contributed by atoms with van der Waals surface area (Å²) < 4.78 is 26.9. The first kappa shape index (κ1) is 16.4. The summed E-state index contributed by atoms with van der Waals surface area (Å²) in [7, 11) is -3.20. The van der Waals surface area contributed by atoms with Gasteiger partial charge in [-0.3, -0.25) is 13.8 Å². The summed E-state index contributed by atoms with van der Waals surface area (Å²) in [6.07, 6.45) is 3.66. The van der Waals surface area contributed by atoms with E-state index in [0.29, 0.717) is 30.8 Å². The van der Waals surface area contributed by atoms with E-state index in [1.54, 1.807) is 35.3 Å².